The van der Waals surface area contributed by atoms with E-state index in [1.54, 1.807) is 20.1 Å². The van der Waals surface area contributed by atoms with E-state index >= 15 is 0 Å². The van der Waals surface area contributed by atoms with Crippen molar-refractivity contribution in [3.63, 3.8) is 0 Å². The van der Waals surface area contributed by atoms with E-state index in [-0.39, 0.29) is 11.7 Å². The normalized spacial score (nSPS) is 11.0. The van der Waals surface area contributed by atoms with Crippen LogP contribution in [-0.2, 0) is 16.1 Å². The number of halogens is 1. The topological polar surface area (TPSA) is 95.1 Å². The molecule has 2 heterocycles. The molecule has 3 aromatic rings. The van der Waals surface area contributed by atoms with Crippen LogP contribution in [0.3, 0.4) is 0 Å². The molecule has 0 atom stereocenters. The van der Waals surface area contributed by atoms with Crippen molar-refractivity contribution < 1.29 is 14.1 Å². The third-order valence-electron chi connectivity index (χ3n) is 3.79. The minimum Gasteiger partial charge on any atom is -0.385 e. The number of carbonyl (C=O) groups excluding carboxylic acids is 1. The molecule has 8 nitrogen and oxygen atoms in total. The number of ether oxygens (including phenoxy) is 1. The minimum atomic E-state index is -0.205. The van der Waals surface area contributed by atoms with E-state index in [0.29, 0.717) is 40.7 Å². The Morgan fingerprint density at radius 2 is 2.18 bits per heavy atom. The average molecular weight is 422 g/mol. The van der Waals surface area contributed by atoms with Crippen LogP contribution in [-0.4, -0.2) is 45.3 Å². The molecule has 1 amide bonds. The van der Waals surface area contributed by atoms with Crippen LogP contribution in [0, 0.1) is 6.92 Å². The van der Waals surface area contributed by atoms with Gasteiger partial charge in [-0.1, -0.05) is 40.7 Å². The maximum absolute atomic E-state index is 12.2. The Hall–Kier alpha value is -2.36. The van der Waals surface area contributed by atoms with Crippen molar-refractivity contribution in [3.8, 4) is 11.4 Å². The van der Waals surface area contributed by atoms with Gasteiger partial charge in [0.1, 0.15) is 5.76 Å². The van der Waals surface area contributed by atoms with Crippen molar-refractivity contribution in [3.05, 3.63) is 41.1 Å². The molecule has 0 saturated heterocycles. The number of nitrogens with zero attached hydrogens (tertiary/aromatic N) is 4. The number of benzene rings is 1. The highest BCUT2D eigenvalue weighted by Gasteiger charge is 2.17. The number of carbonyl (C=O) groups is 1. The zero-order valence-electron chi connectivity index (χ0n) is 15.5. The lowest BCUT2D eigenvalue weighted by atomic mass is 10.2. The van der Waals surface area contributed by atoms with E-state index in [4.69, 9.17) is 20.9 Å². The number of hydrogen-bond donors (Lipinski definition) is 1. The van der Waals surface area contributed by atoms with Gasteiger partial charge in [0.25, 0.3) is 0 Å². The van der Waals surface area contributed by atoms with Gasteiger partial charge in [0.15, 0.2) is 16.8 Å². The zero-order chi connectivity index (χ0) is 19.9. The summed E-state index contributed by atoms with van der Waals surface area (Å²) in [6, 6.07) is 9.13. The number of hydrogen-bond acceptors (Lipinski definition) is 7. The Balaban J connectivity index is 1.74. The van der Waals surface area contributed by atoms with E-state index in [0.717, 1.165) is 12.0 Å². The summed E-state index contributed by atoms with van der Waals surface area (Å²) in [5.41, 5.74) is 0.795. The molecule has 0 aliphatic rings. The molecule has 1 N–H and O–H groups in total. The maximum atomic E-state index is 12.2. The fourth-order valence-electron chi connectivity index (χ4n) is 2.54. The Morgan fingerprint density at radius 1 is 1.36 bits per heavy atom. The van der Waals surface area contributed by atoms with E-state index in [2.05, 4.69) is 20.7 Å². The van der Waals surface area contributed by atoms with Crippen molar-refractivity contribution >= 4 is 35.1 Å². The van der Waals surface area contributed by atoms with Crippen LogP contribution in [0.2, 0.25) is 5.02 Å². The van der Waals surface area contributed by atoms with Crippen LogP contribution in [0.25, 0.3) is 11.4 Å². The summed E-state index contributed by atoms with van der Waals surface area (Å²) in [6.45, 7) is 3.01. The lowest BCUT2D eigenvalue weighted by molar-refractivity contribution is -0.113. The molecule has 0 bridgehead atoms. The number of aryl methyl sites for hydroxylation is 1. The highest BCUT2D eigenvalue weighted by atomic mass is 35.5. The summed E-state index contributed by atoms with van der Waals surface area (Å²) in [4.78, 5) is 12.2. The first-order valence-corrected chi connectivity index (χ1v) is 9.98. The molecule has 0 unspecified atom stereocenters. The second-order valence-electron chi connectivity index (χ2n) is 5.94. The highest BCUT2D eigenvalue weighted by molar-refractivity contribution is 7.99. The molecule has 0 saturated carbocycles. The lowest BCUT2D eigenvalue weighted by Gasteiger charge is -2.10. The number of amides is 1. The van der Waals surface area contributed by atoms with Gasteiger partial charge in [-0.3, -0.25) is 4.79 Å². The van der Waals surface area contributed by atoms with Gasteiger partial charge in [0, 0.05) is 31.9 Å². The maximum Gasteiger partial charge on any atom is 0.236 e. The highest BCUT2D eigenvalue weighted by Crippen LogP contribution is 2.29. The molecule has 0 fully saturated rings. The van der Waals surface area contributed by atoms with Crippen molar-refractivity contribution in [2.24, 2.45) is 0 Å². The summed E-state index contributed by atoms with van der Waals surface area (Å²) in [5, 5.41) is 16.2. The first kappa shape index (κ1) is 20.4. The third kappa shape index (κ3) is 5.12. The Kier molecular flexibility index (Phi) is 7.07. The Labute approximate surface area is 171 Å². The van der Waals surface area contributed by atoms with E-state index in [9.17, 15) is 4.79 Å². The van der Waals surface area contributed by atoms with E-state index < -0.39 is 0 Å². The fourth-order valence-corrected chi connectivity index (χ4v) is 3.52. The van der Waals surface area contributed by atoms with Crippen LogP contribution in [0.5, 0.6) is 0 Å². The molecule has 0 radical (unpaired) electrons. The quantitative estimate of drug-likeness (QED) is 0.416. The molecular formula is C18H20ClN5O3S. The molecule has 148 valence electrons. The van der Waals surface area contributed by atoms with Crippen molar-refractivity contribution in [2.75, 3.05) is 24.8 Å². The first-order chi connectivity index (χ1) is 13.6. The summed E-state index contributed by atoms with van der Waals surface area (Å²) in [7, 11) is 1.66. The second kappa shape index (κ2) is 9.72. The average Bonchev–Trinajstić information content (AvgIpc) is 3.27. The standard InChI is InChI=1S/C18H20ClN5O3S/c1-12-10-15(23-27-12)20-16(25)11-28-18-22-21-17(24(18)8-5-9-26-2)13-6-3-4-7-14(13)19/h3-4,6-7,10H,5,8-9,11H2,1-2H3,(H,20,23,25). The van der Waals surface area contributed by atoms with Gasteiger partial charge in [-0.05, 0) is 25.5 Å². The van der Waals surface area contributed by atoms with Crippen LogP contribution >= 0.6 is 23.4 Å². The van der Waals surface area contributed by atoms with Gasteiger partial charge in [0.2, 0.25) is 5.91 Å². The number of thioether (sulfide) groups is 1. The molecule has 0 aliphatic heterocycles. The monoisotopic (exact) mass is 421 g/mol. The van der Waals surface area contributed by atoms with E-state index in [1.807, 2.05) is 28.8 Å². The van der Waals surface area contributed by atoms with Crippen molar-refractivity contribution in [1.29, 1.82) is 0 Å². The number of rotatable bonds is 9. The molecule has 2 aromatic heterocycles. The van der Waals surface area contributed by atoms with Crippen LogP contribution in [0.15, 0.2) is 40.0 Å². The Morgan fingerprint density at radius 3 is 2.89 bits per heavy atom. The summed E-state index contributed by atoms with van der Waals surface area (Å²) in [6.07, 6.45) is 0.782. The smallest absolute Gasteiger partial charge is 0.236 e. The van der Waals surface area contributed by atoms with Crippen LogP contribution in [0.1, 0.15) is 12.2 Å². The summed E-state index contributed by atoms with van der Waals surface area (Å²) < 4.78 is 12.0. The van der Waals surface area contributed by atoms with Gasteiger partial charge in [-0.2, -0.15) is 0 Å². The SMILES string of the molecule is COCCCn1c(SCC(=O)Nc2cc(C)on2)nnc1-c1ccccc1Cl. The number of nitrogens with one attached hydrogen (secondary N) is 1. The zero-order valence-corrected chi connectivity index (χ0v) is 17.1. The van der Waals surface area contributed by atoms with Gasteiger partial charge >= 0.3 is 0 Å². The second-order valence-corrected chi connectivity index (χ2v) is 7.29. The fraction of sp³-hybridized carbons (Fsp3) is 0.333. The Bertz CT molecular complexity index is 943. The van der Waals surface area contributed by atoms with Crippen LogP contribution < -0.4 is 5.32 Å². The lowest BCUT2D eigenvalue weighted by Crippen LogP contribution is -2.15. The van der Waals surface area contributed by atoms with Crippen LogP contribution in [0.4, 0.5) is 5.82 Å². The predicted octanol–water partition coefficient (Wildman–Crippen LogP) is 3.66. The number of anilines is 1. The minimum absolute atomic E-state index is 0.164. The van der Waals surface area contributed by atoms with E-state index in [1.165, 1.54) is 11.8 Å². The van der Waals surface area contributed by atoms with Gasteiger partial charge in [-0.15, -0.1) is 10.2 Å². The molecular weight excluding hydrogens is 402 g/mol. The largest absolute Gasteiger partial charge is 0.385 e. The molecule has 3 rings (SSSR count). The first-order valence-electron chi connectivity index (χ1n) is 8.61. The van der Waals surface area contributed by atoms with Crippen molar-refractivity contribution in [1.82, 2.24) is 19.9 Å². The molecule has 10 heteroatoms. The van der Waals surface area contributed by atoms with Crippen molar-refractivity contribution in [2.45, 2.75) is 25.0 Å². The molecule has 0 aliphatic carbocycles. The predicted molar refractivity (Wildman–Crippen MR) is 108 cm³/mol. The summed E-state index contributed by atoms with van der Waals surface area (Å²) in [5.74, 6) is 1.64. The number of aromatic nitrogens is 4. The third-order valence-corrected chi connectivity index (χ3v) is 5.09. The summed E-state index contributed by atoms with van der Waals surface area (Å²) >= 11 is 7.62. The molecule has 28 heavy (non-hydrogen) atoms. The molecule has 0 spiro atoms. The number of methoxy groups -OCH3 is 1. The van der Waals surface area contributed by atoms with Gasteiger partial charge < -0.3 is 19.1 Å². The van der Waals surface area contributed by atoms with Gasteiger partial charge in [-0.25, -0.2) is 0 Å². The van der Waals surface area contributed by atoms with Gasteiger partial charge in [0.05, 0.1) is 10.8 Å². The molecule has 1 aromatic carbocycles.